The molecule has 0 aliphatic heterocycles. The molecular formula is C15H22FNO2. The summed E-state index contributed by atoms with van der Waals surface area (Å²) >= 11 is 0. The molecule has 0 aliphatic carbocycles. The molecule has 1 amide bonds. The molecule has 1 atom stereocenters. The van der Waals surface area contributed by atoms with Crippen LogP contribution in [0.5, 0.6) is 0 Å². The van der Waals surface area contributed by atoms with Crippen LogP contribution in [0.4, 0.5) is 4.39 Å². The molecule has 106 valence electrons. The van der Waals surface area contributed by atoms with Crippen LogP contribution in [-0.2, 0) is 0 Å². The molecule has 4 heteroatoms. The van der Waals surface area contributed by atoms with Crippen molar-refractivity contribution in [3.8, 4) is 0 Å². The molecular weight excluding hydrogens is 245 g/mol. The average Bonchev–Trinajstić information content (AvgIpc) is 2.40. The fourth-order valence-electron chi connectivity index (χ4n) is 2.11. The van der Waals surface area contributed by atoms with E-state index < -0.39 is 17.8 Å². The lowest BCUT2D eigenvalue weighted by Gasteiger charge is -2.20. The van der Waals surface area contributed by atoms with Gasteiger partial charge >= 0.3 is 0 Å². The maximum atomic E-state index is 13.5. The van der Waals surface area contributed by atoms with Crippen molar-refractivity contribution in [2.24, 2.45) is 5.92 Å². The Balaban J connectivity index is 2.63. The summed E-state index contributed by atoms with van der Waals surface area (Å²) in [5, 5.41) is 12.5. The molecule has 0 aromatic heterocycles. The van der Waals surface area contributed by atoms with Crippen LogP contribution in [0.2, 0.25) is 0 Å². The van der Waals surface area contributed by atoms with Crippen LogP contribution in [0, 0.1) is 18.7 Å². The predicted molar refractivity (Wildman–Crippen MR) is 73.5 cm³/mol. The number of halogens is 1. The number of hydrogen-bond donors (Lipinski definition) is 2. The minimum Gasteiger partial charge on any atom is -0.391 e. The topological polar surface area (TPSA) is 49.3 Å². The largest absolute Gasteiger partial charge is 0.391 e. The molecule has 0 spiro atoms. The van der Waals surface area contributed by atoms with Crippen LogP contribution in [-0.4, -0.2) is 23.7 Å². The van der Waals surface area contributed by atoms with Crippen LogP contribution >= 0.6 is 0 Å². The highest BCUT2D eigenvalue weighted by atomic mass is 19.1. The minimum atomic E-state index is -0.591. The van der Waals surface area contributed by atoms with Crippen LogP contribution in [0.25, 0.3) is 0 Å². The summed E-state index contributed by atoms with van der Waals surface area (Å²) < 4.78 is 13.5. The van der Waals surface area contributed by atoms with E-state index in [1.165, 1.54) is 12.1 Å². The Hall–Kier alpha value is -1.42. The van der Waals surface area contributed by atoms with Gasteiger partial charge in [0.15, 0.2) is 0 Å². The maximum absolute atomic E-state index is 13.5. The summed E-state index contributed by atoms with van der Waals surface area (Å²) in [6.45, 7) is 5.95. The molecule has 1 aromatic carbocycles. The van der Waals surface area contributed by atoms with Crippen molar-refractivity contribution in [1.82, 2.24) is 5.32 Å². The van der Waals surface area contributed by atoms with Gasteiger partial charge in [-0.15, -0.1) is 0 Å². The Kier molecular flexibility index (Phi) is 5.96. The van der Waals surface area contributed by atoms with E-state index in [-0.39, 0.29) is 18.0 Å². The van der Waals surface area contributed by atoms with Gasteiger partial charge in [-0.05, 0) is 25.0 Å². The first-order chi connectivity index (χ1) is 8.99. The molecule has 0 heterocycles. The highest BCUT2D eigenvalue weighted by molar-refractivity contribution is 5.94. The van der Waals surface area contributed by atoms with E-state index in [9.17, 15) is 14.3 Å². The first-order valence-electron chi connectivity index (χ1n) is 6.72. The smallest absolute Gasteiger partial charge is 0.254 e. The van der Waals surface area contributed by atoms with Crippen LogP contribution < -0.4 is 5.32 Å². The van der Waals surface area contributed by atoms with E-state index >= 15 is 0 Å². The zero-order chi connectivity index (χ0) is 14.4. The van der Waals surface area contributed by atoms with E-state index in [4.69, 9.17) is 0 Å². The molecule has 1 unspecified atom stereocenters. The van der Waals surface area contributed by atoms with Gasteiger partial charge in [-0.2, -0.15) is 0 Å². The fourth-order valence-corrected chi connectivity index (χ4v) is 2.11. The number of carbonyl (C=O) groups excluding carboxylic acids is 1. The second-order valence-electron chi connectivity index (χ2n) is 4.84. The quantitative estimate of drug-likeness (QED) is 0.832. The van der Waals surface area contributed by atoms with Crippen molar-refractivity contribution in [2.45, 2.75) is 39.7 Å². The number of aliphatic hydroxyl groups excluding tert-OH is 1. The van der Waals surface area contributed by atoms with Gasteiger partial charge in [0, 0.05) is 6.54 Å². The molecule has 1 rings (SSSR count). The van der Waals surface area contributed by atoms with Gasteiger partial charge in [-0.3, -0.25) is 4.79 Å². The van der Waals surface area contributed by atoms with Crippen molar-refractivity contribution in [3.05, 3.63) is 35.1 Å². The Morgan fingerprint density at radius 2 is 2.00 bits per heavy atom. The fraction of sp³-hybridized carbons (Fsp3) is 0.533. The number of aryl methyl sites for hydroxylation is 1. The zero-order valence-electron chi connectivity index (χ0n) is 11.7. The molecule has 0 radical (unpaired) electrons. The van der Waals surface area contributed by atoms with Crippen molar-refractivity contribution >= 4 is 5.91 Å². The van der Waals surface area contributed by atoms with Crippen LogP contribution in [0.15, 0.2) is 18.2 Å². The summed E-state index contributed by atoms with van der Waals surface area (Å²) in [7, 11) is 0. The molecule has 0 fully saturated rings. The molecule has 1 aromatic rings. The third-order valence-electron chi connectivity index (χ3n) is 3.43. The summed E-state index contributed by atoms with van der Waals surface area (Å²) in [5.74, 6) is -0.867. The SMILES string of the molecule is CCC(CC)C(O)CNC(=O)c1cc(C)ccc1F. The Bertz CT molecular complexity index is 430. The van der Waals surface area contributed by atoms with Crippen molar-refractivity contribution in [1.29, 1.82) is 0 Å². The molecule has 0 saturated carbocycles. The zero-order valence-corrected chi connectivity index (χ0v) is 11.7. The summed E-state index contributed by atoms with van der Waals surface area (Å²) in [6, 6.07) is 4.40. The van der Waals surface area contributed by atoms with E-state index in [1.54, 1.807) is 13.0 Å². The van der Waals surface area contributed by atoms with E-state index in [0.717, 1.165) is 18.4 Å². The number of amides is 1. The van der Waals surface area contributed by atoms with Gasteiger partial charge in [0.05, 0.1) is 11.7 Å². The lowest BCUT2D eigenvalue weighted by molar-refractivity contribution is 0.0813. The molecule has 2 N–H and O–H groups in total. The monoisotopic (exact) mass is 267 g/mol. The van der Waals surface area contributed by atoms with E-state index in [2.05, 4.69) is 5.32 Å². The maximum Gasteiger partial charge on any atom is 0.254 e. The molecule has 3 nitrogen and oxygen atoms in total. The Morgan fingerprint density at radius 1 is 1.37 bits per heavy atom. The number of rotatable bonds is 6. The van der Waals surface area contributed by atoms with Crippen molar-refractivity contribution in [2.75, 3.05) is 6.54 Å². The summed E-state index contributed by atoms with van der Waals surface area (Å²) in [6.07, 6.45) is 1.12. The van der Waals surface area contributed by atoms with Crippen molar-refractivity contribution in [3.63, 3.8) is 0 Å². The number of nitrogens with one attached hydrogen (secondary N) is 1. The predicted octanol–water partition coefficient (Wildman–Crippen LogP) is 2.66. The van der Waals surface area contributed by atoms with Gasteiger partial charge in [0.1, 0.15) is 5.82 Å². The number of carbonyl (C=O) groups is 1. The van der Waals surface area contributed by atoms with Crippen LogP contribution in [0.3, 0.4) is 0 Å². The number of aliphatic hydroxyl groups is 1. The Morgan fingerprint density at radius 3 is 2.58 bits per heavy atom. The lowest BCUT2D eigenvalue weighted by Crippen LogP contribution is -2.36. The number of benzene rings is 1. The number of hydrogen-bond acceptors (Lipinski definition) is 2. The standard InChI is InChI=1S/C15H22FNO2/c1-4-11(5-2)14(18)9-17-15(19)12-8-10(3)6-7-13(12)16/h6-8,11,14,18H,4-5,9H2,1-3H3,(H,17,19). The third kappa shape index (κ3) is 4.31. The second kappa shape index (κ2) is 7.24. The van der Waals surface area contributed by atoms with Gasteiger partial charge in [0.2, 0.25) is 0 Å². The minimum absolute atomic E-state index is 0.0248. The highest BCUT2D eigenvalue weighted by Crippen LogP contribution is 2.13. The van der Waals surface area contributed by atoms with Gasteiger partial charge < -0.3 is 10.4 Å². The highest BCUT2D eigenvalue weighted by Gasteiger charge is 2.18. The normalized spacial score (nSPS) is 12.5. The summed E-state index contributed by atoms with van der Waals surface area (Å²) in [5.41, 5.74) is 0.851. The van der Waals surface area contributed by atoms with E-state index in [0.29, 0.717) is 0 Å². The summed E-state index contributed by atoms with van der Waals surface area (Å²) in [4.78, 5) is 11.9. The first kappa shape index (κ1) is 15.6. The van der Waals surface area contributed by atoms with Crippen molar-refractivity contribution < 1.29 is 14.3 Å². The van der Waals surface area contributed by atoms with Gasteiger partial charge in [-0.25, -0.2) is 4.39 Å². The third-order valence-corrected chi connectivity index (χ3v) is 3.43. The molecule has 0 aliphatic rings. The second-order valence-corrected chi connectivity index (χ2v) is 4.84. The lowest BCUT2D eigenvalue weighted by atomic mass is 9.96. The van der Waals surface area contributed by atoms with Gasteiger partial charge in [-0.1, -0.05) is 38.3 Å². The van der Waals surface area contributed by atoms with E-state index in [1.807, 2.05) is 13.8 Å². The first-order valence-corrected chi connectivity index (χ1v) is 6.72. The Labute approximate surface area is 113 Å². The molecule has 0 bridgehead atoms. The van der Waals surface area contributed by atoms with Gasteiger partial charge in [0.25, 0.3) is 5.91 Å². The molecule has 19 heavy (non-hydrogen) atoms. The molecule has 0 saturated heterocycles. The average molecular weight is 267 g/mol. The van der Waals surface area contributed by atoms with Crippen LogP contribution in [0.1, 0.15) is 42.6 Å².